The molecule has 2 N–H and O–H groups in total. The van der Waals surface area contributed by atoms with Crippen molar-refractivity contribution >= 4 is 5.97 Å². The van der Waals surface area contributed by atoms with Crippen LogP contribution in [0.5, 0.6) is 5.75 Å². The quantitative estimate of drug-likeness (QED) is 0.762. The Labute approximate surface area is 102 Å². The predicted molar refractivity (Wildman–Crippen MR) is 65.9 cm³/mol. The highest BCUT2D eigenvalue weighted by Gasteiger charge is 2.15. The van der Waals surface area contributed by atoms with Gasteiger partial charge in [-0.15, -0.1) is 0 Å². The third-order valence-electron chi connectivity index (χ3n) is 2.36. The Kier molecular flexibility index (Phi) is 5.49. The molecule has 94 valence electrons. The summed E-state index contributed by atoms with van der Waals surface area (Å²) in [5.41, 5.74) is 6.74. The molecule has 0 spiro atoms. The first-order valence-corrected chi connectivity index (χ1v) is 5.82. The Bertz CT molecular complexity index is 365. The lowest BCUT2D eigenvalue weighted by Crippen LogP contribution is -2.37. The Hall–Kier alpha value is -1.55. The van der Waals surface area contributed by atoms with Gasteiger partial charge in [-0.25, -0.2) is 0 Å². The minimum Gasteiger partial charge on any atom is -0.491 e. The molecule has 1 aromatic rings. The van der Waals surface area contributed by atoms with Crippen molar-refractivity contribution in [2.75, 3.05) is 13.2 Å². The van der Waals surface area contributed by atoms with Gasteiger partial charge in [-0.2, -0.15) is 0 Å². The molecule has 1 unspecified atom stereocenters. The third-order valence-corrected chi connectivity index (χ3v) is 2.36. The molecular weight excluding hydrogens is 218 g/mol. The van der Waals surface area contributed by atoms with E-state index < -0.39 is 12.0 Å². The SMILES string of the molecule is CCOC(=O)C(N)COc1ccccc1CC. The zero-order valence-corrected chi connectivity index (χ0v) is 10.3. The number of esters is 1. The van der Waals surface area contributed by atoms with Crippen molar-refractivity contribution in [2.45, 2.75) is 26.3 Å². The summed E-state index contributed by atoms with van der Waals surface area (Å²) in [5.74, 6) is 0.344. The fourth-order valence-electron chi connectivity index (χ4n) is 1.43. The molecule has 1 atom stereocenters. The Morgan fingerprint density at radius 1 is 1.35 bits per heavy atom. The molecule has 1 rings (SSSR count). The predicted octanol–water partition coefficient (Wildman–Crippen LogP) is 1.52. The van der Waals surface area contributed by atoms with E-state index in [2.05, 4.69) is 0 Å². The molecule has 4 nitrogen and oxygen atoms in total. The summed E-state index contributed by atoms with van der Waals surface area (Å²) >= 11 is 0. The first-order chi connectivity index (χ1) is 8.19. The van der Waals surface area contributed by atoms with Crippen LogP contribution in [0.25, 0.3) is 0 Å². The molecule has 0 aromatic heterocycles. The van der Waals surface area contributed by atoms with E-state index in [0.717, 1.165) is 17.7 Å². The molecule has 17 heavy (non-hydrogen) atoms. The molecule has 0 bridgehead atoms. The zero-order valence-electron chi connectivity index (χ0n) is 10.3. The van der Waals surface area contributed by atoms with Crippen LogP contribution in [0.1, 0.15) is 19.4 Å². The van der Waals surface area contributed by atoms with Crippen LogP contribution in [0.2, 0.25) is 0 Å². The number of benzene rings is 1. The van der Waals surface area contributed by atoms with E-state index in [4.69, 9.17) is 15.2 Å². The van der Waals surface area contributed by atoms with E-state index in [9.17, 15) is 4.79 Å². The number of nitrogens with two attached hydrogens (primary N) is 1. The largest absolute Gasteiger partial charge is 0.491 e. The molecule has 1 aromatic carbocycles. The Morgan fingerprint density at radius 2 is 2.06 bits per heavy atom. The van der Waals surface area contributed by atoms with Crippen molar-refractivity contribution in [3.63, 3.8) is 0 Å². The van der Waals surface area contributed by atoms with Crippen molar-refractivity contribution in [2.24, 2.45) is 5.73 Å². The maximum Gasteiger partial charge on any atom is 0.326 e. The number of aryl methyl sites for hydroxylation is 1. The van der Waals surface area contributed by atoms with Crippen LogP contribution in [0.3, 0.4) is 0 Å². The normalized spacial score (nSPS) is 11.9. The lowest BCUT2D eigenvalue weighted by atomic mass is 10.1. The van der Waals surface area contributed by atoms with Gasteiger partial charge in [0.25, 0.3) is 0 Å². The van der Waals surface area contributed by atoms with Crippen molar-refractivity contribution < 1.29 is 14.3 Å². The van der Waals surface area contributed by atoms with Crippen molar-refractivity contribution in [3.8, 4) is 5.75 Å². The zero-order chi connectivity index (χ0) is 12.7. The summed E-state index contributed by atoms with van der Waals surface area (Å²) in [5, 5.41) is 0. The van der Waals surface area contributed by atoms with Crippen molar-refractivity contribution in [1.82, 2.24) is 0 Å². The number of carbonyl (C=O) groups excluding carboxylic acids is 1. The molecule has 0 fully saturated rings. The maximum absolute atomic E-state index is 11.3. The second-order valence-electron chi connectivity index (χ2n) is 3.63. The monoisotopic (exact) mass is 237 g/mol. The number of carbonyl (C=O) groups is 1. The summed E-state index contributed by atoms with van der Waals surface area (Å²) in [4.78, 5) is 11.3. The Balaban J connectivity index is 2.52. The van der Waals surface area contributed by atoms with E-state index in [1.165, 1.54) is 0 Å². The van der Waals surface area contributed by atoms with Gasteiger partial charge in [0.1, 0.15) is 18.4 Å². The minimum atomic E-state index is -0.736. The first-order valence-electron chi connectivity index (χ1n) is 5.82. The lowest BCUT2D eigenvalue weighted by Gasteiger charge is -2.14. The highest BCUT2D eigenvalue weighted by atomic mass is 16.5. The number of rotatable bonds is 6. The summed E-state index contributed by atoms with van der Waals surface area (Å²) in [7, 11) is 0. The number of ether oxygens (including phenoxy) is 2. The summed E-state index contributed by atoms with van der Waals surface area (Å²) in [6, 6.07) is 6.98. The van der Waals surface area contributed by atoms with Crippen LogP contribution < -0.4 is 10.5 Å². The second kappa shape index (κ2) is 6.91. The molecule has 0 amide bonds. The van der Waals surface area contributed by atoms with Gasteiger partial charge in [-0.05, 0) is 25.0 Å². The van der Waals surface area contributed by atoms with Crippen LogP contribution in [0.4, 0.5) is 0 Å². The van der Waals surface area contributed by atoms with Crippen molar-refractivity contribution in [1.29, 1.82) is 0 Å². The molecule has 4 heteroatoms. The fraction of sp³-hybridized carbons (Fsp3) is 0.462. The van der Waals surface area contributed by atoms with Crippen LogP contribution in [-0.2, 0) is 16.0 Å². The molecule has 0 aliphatic rings. The fourth-order valence-corrected chi connectivity index (χ4v) is 1.43. The number of hydrogen-bond acceptors (Lipinski definition) is 4. The lowest BCUT2D eigenvalue weighted by molar-refractivity contribution is -0.145. The van der Waals surface area contributed by atoms with Crippen LogP contribution >= 0.6 is 0 Å². The molecule has 0 radical (unpaired) electrons. The highest BCUT2D eigenvalue weighted by molar-refractivity contribution is 5.75. The molecule has 0 aliphatic carbocycles. The molecule has 0 saturated heterocycles. The summed E-state index contributed by atoms with van der Waals surface area (Å²) in [6.07, 6.45) is 0.880. The van der Waals surface area contributed by atoms with E-state index in [1.807, 2.05) is 31.2 Å². The minimum absolute atomic E-state index is 0.135. The van der Waals surface area contributed by atoms with Crippen molar-refractivity contribution in [3.05, 3.63) is 29.8 Å². The van der Waals surface area contributed by atoms with Gasteiger partial charge in [0.05, 0.1) is 6.61 Å². The average Bonchev–Trinajstić information content (AvgIpc) is 2.36. The third kappa shape index (κ3) is 4.07. The molecule has 0 saturated carbocycles. The van der Waals surface area contributed by atoms with E-state index in [-0.39, 0.29) is 6.61 Å². The van der Waals surface area contributed by atoms with Gasteiger partial charge in [-0.1, -0.05) is 25.1 Å². The second-order valence-corrected chi connectivity index (χ2v) is 3.63. The van der Waals surface area contributed by atoms with Gasteiger partial charge in [-0.3, -0.25) is 4.79 Å². The van der Waals surface area contributed by atoms with Gasteiger partial charge in [0.15, 0.2) is 0 Å². The standard InChI is InChI=1S/C13H19NO3/c1-3-10-7-5-6-8-12(10)17-9-11(14)13(15)16-4-2/h5-8,11H,3-4,9,14H2,1-2H3. The molecule has 0 heterocycles. The first kappa shape index (κ1) is 13.5. The van der Waals surface area contributed by atoms with Gasteiger partial charge in [0.2, 0.25) is 0 Å². The highest BCUT2D eigenvalue weighted by Crippen LogP contribution is 2.18. The van der Waals surface area contributed by atoms with E-state index in [1.54, 1.807) is 6.92 Å². The molecule has 0 aliphatic heterocycles. The topological polar surface area (TPSA) is 61.5 Å². The average molecular weight is 237 g/mol. The van der Waals surface area contributed by atoms with Gasteiger partial charge >= 0.3 is 5.97 Å². The van der Waals surface area contributed by atoms with E-state index >= 15 is 0 Å². The van der Waals surface area contributed by atoms with Crippen LogP contribution in [-0.4, -0.2) is 25.2 Å². The number of para-hydroxylation sites is 1. The van der Waals surface area contributed by atoms with Gasteiger partial charge in [0, 0.05) is 0 Å². The summed E-state index contributed by atoms with van der Waals surface area (Å²) < 4.78 is 10.3. The van der Waals surface area contributed by atoms with Crippen LogP contribution in [0, 0.1) is 0 Å². The Morgan fingerprint density at radius 3 is 2.71 bits per heavy atom. The van der Waals surface area contributed by atoms with Gasteiger partial charge < -0.3 is 15.2 Å². The number of hydrogen-bond donors (Lipinski definition) is 1. The smallest absolute Gasteiger partial charge is 0.326 e. The van der Waals surface area contributed by atoms with E-state index in [0.29, 0.717) is 6.61 Å². The summed E-state index contributed by atoms with van der Waals surface area (Å²) in [6.45, 7) is 4.26. The van der Waals surface area contributed by atoms with Crippen LogP contribution in [0.15, 0.2) is 24.3 Å². The molecular formula is C13H19NO3. The maximum atomic E-state index is 11.3.